The van der Waals surface area contributed by atoms with Gasteiger partial charge >= 0.3 is 0 Å². The van der Waals surface area contributed by atoms with Crippen LogP contribution in [-0.2, 0) is 33.5 Å². The van der Waals surface area contributed by atoms with Gasteiger partial charge in [0.2, 0.25) is 23.8 Å². The highest BCUT2D eigenvalue weighted by Gasteiger charge is 2.14. The molecule has 0 spiro atoms. The van der Waals surface area contributed by atoms with Gasteiger partial charge in [0, 0.05) is 52.1 Å². The zero-order chi connectivity index (χ0) is 22.5. The van der Waals surface area contributed by atoms with Crippen LogP contribution in [0.15, 0.2) is 34.3 Å². The second kappa shape index (κ2) is 9.73. The minimum Gasteiger partial charge on any atom is -0.469 e. The maximum atomic E-state index is 5.70. The number of thiophene rings is 1. The number of hydrogen-bond donors (Lipinski definition) is 3. The summed E-state index contributed by atoms with van der Waals surface area (Å²) >= 11 is 1.75. The molecule has 12 heteroatoms. The summed E-state index contributed by atoms with van der Waals surface area (Å²) in [4.78, 5) is 3.39. The van der Waals surface area contributed by atoms with Crippen LogP contribution in [0.5, 0.6) is 0 Å². The van der Waals surface area contributed by atoms with Gasteiger partial charge in [-0.2, -0.15) is 0 Å². The van der Waals surface area contributed by atoms with Crippen LogP contribution in [0.2, 0.25) is 0 Å². The summed E-state index contributed by atoms with van der Waals surface area (Å²) < 4.78 is 9.06. The molecule has 0 amide bonds. The second-order valence-corrected chi connectivity index (χ2v) is 8.53. The highest BCUT2D eigenvalue weighted by atomic mass is 32.1. The van der Waals surface area contributed by atoms with E-state index in [1.54, 1.807) is 22.2 Å². The van der Waals surface area contributed by atoms with Gasteiger partial charge in [-0.15, -0.1) is 31.7 Å². The minimum atomic E-state index is 0.397. The van der Waals surface area contributed by atoms with Crippen molar-refractivity contribution < 1.29 is 4.42 Å². The molecule has 0 atom stereocenters. The highest BCUT2D eigenvalue weighted by molar-refractivity contribution is 7.10. The first-order chi connectivity index (χ1) is 15.5. The van der Waals surface area contributed by atoms with E-state index >= 15 is 0 Å². The Kier molecular flexibility index (Phi) is 6.59. The van der Waals surface area contributed by atoms with E-state index in [0.29, 0.717) is 11.9 Å². The monoisotopic (exact) mass is 456 g/mol. The molecule has 0 unspecified atom stereocenters. The molecule has 0 bridgehead atoms. The van der Waals surface area contributed by atoms with Crippen LogP contribution in [0.1, 0.15) is 16.2 Å². The zero-order valence-corrected chi connectivity index (χ0v) is 19.3. The summed E-state index contributed by atoms with van der Waals surface area (Å²) in [6, 6.07) is 6.09. The van der Waals surface area contributed by atoms with Crippen molar-refractivity contribution in [3.05, 3.63) is 46.0 Å². The number of rotatable bonds is 11. The van der Waals surface area contributed by atoms with E-state index in [2.05, 4.69) is 47.4 Å². The van der Waals surface area contributed by atoms with E-state index in [1.165, 1.54) is 10.4 Å². The lowest BCUT2D eigenvalue weighted by Crippen LogP contribution is -2.20. The standard InChI is InChI=1S/C20H28N10OS/c1-28(20-27-26-19(30(20)3)22-8-6-15-5-4-10-31-15)12-14-11-16(32-13-14)7-9-23-18-25-24-17(21)29(18)2/h4-5,10-11,13H,6-9,12H2,1-3H3,(H2,21,24)(H,22,26)(H,23,25). The van der Waals surface area contributed by atoms with Crippen LogP contribution in [0.4, 0.5) is 23.8 Å². The number of nitrogens with one attached hydrogen (secondary N) is 2. The Hall–Kier alpha value is -3.54. The average Bonchev–Trinajstić information content (AvgIpc) is 3.56. The first kappa shape index (κ1) is 21.7. The van der Waals surface area contributed by atoms with Crippen LogP contribution >= 0.6 is 11.3 Å². The molecule has 4 rings (SSSR count). The fraction of sp³-hybridized carbons (Fsp3) is 0.400. The molecule has 4 heterocycles. The Labute approximate surface area is 190 Å². The van der Waals surface area contributed by atoms with E-state index < -0.39 is 0 Å². The van der Waals surface area contributed by atoms with Gasteiger partial charge in [-0.05, 0) is 35.6 Å². The third-order valence-electron chi connectivity index (χ3n) is 5.12. The maximum absolute atomic E-state index is 5.70. The van der Waals surface area contributed by atoms with Gasteiger partial charge in [0.25, 0.3) is 0 Å². The van der Waals surface area contributed by atoms with Crippen LogP contribution in [0.3, 0.4) is 0 Å². The molecule has 0 fully saturated rings. The normalized spacial score (nSPS) is 11.1. The van der Waals surface area contributed by atoms with Gasteiger partial charge in [-0.25, -0.2) is 0 Å². The van der Waals surface area contributed by atoms with Gasteiger partial charge in [0.05, 0.1) is 6.26 Å². The Balaban J connectivity index is 1.26. The number of furan rings is 1. The largest absolute Gasteiger partial charge is 0.469 e. The molecule has 4 aromatic rings. The fourth-order valence-corrected chi connectivity index (χ4v) is 4.22. The molecule has 0 aliphatic carbocycles. The van der Waals surface area contributed by atoms with E-state index in [0.717, 1.165) is 50.1 Å². The van der Waals surface area contributed by atoms with Crippen molar-refractivity contribution in [2.24, 2.45) is 14.1 Å². The van der Waals surface area contributed by atoms with E-state index in [4.69, 9.17) is 10.2 Å². The minimum absolute atomic E-state index is 0.397. The Morgan fingerprint density at radius 2 is 1.81 bits per heavy atom. The van der Waals surface area contributed by atoms with Crippen molar-refractivity contribution in [1.82, 2.24) is 29.5 Å². The van der Waals surface area contributed by atoms with Gasteiger partial charge in [0.1, 0.15) is 5.76 Å². The molecule has 4 N–H and O–H groups in total. The zero-order valence-electron chi connectivity index (χ0n) is 18.4. The highest BCUT2D eigenvalue weighted by Crippen LogP contribution is 2.20. The lowest BCUT2D eigenvalue weighted by molar-refractivity contribution is 0.512. The third-order valence-corrected chi connectivity index (χ3v) is 6.16. The van der Waals surface area contributed by atoms with Crippen molar-refractivity contribution >= 4 is 35.1 Å². The van der Waals surface area contributed by atoms with Crippen LogP contribution in [-0.4, -0.2) is 49.7 Å². The van der Waals surface area contributed by atoms with Gasteiger partial charge < -0.3 is 25.7 Å². The van der Waals surface area contributed by atoms with Gasteiger partial charge in [-0.3, -0.25) is 9.13 Å². The fourth-order valence-electron chi connectivity index (χ4n) is 3.34. The molecule has 0 aliphatic rings. The molecule has 170 valence electrons. The molecule has 0 saturated heterocycles. The number of nitrogens with zero attached hydrogens (tertiary/aromatic N) is 7. The first-order valence-corrected chi connectivity index (χ1v) is 11.2. The molecular weight excluding hydrogens is 428 g/mol. The topological polar surface area (TPSA) is 128 Å². The first-order valence-electron chi connectivity index (χ1n) is 10.3. The quantitative estimate of drug-likeness (QED) is 0.311. The molecule has 0 saturated carbocycles. The van der Waals surface area contributed by atoms with Gasteiger partial charge in [0.15, 0.2) is 0 Å². The molecule has 0 radical (unpaired) electrons. The van der Waals surface area contributed by atoms with Crippen molar-refractivity contribution in [2.75, 3.05) is 41.4 Å². The van der Waals surface area contributed by atoms with E-state index in [9.17, 15) is 0 Å². The summed E-state index contributed by atoms with van der Waals surface area (Å²) in [5.41, 5.74) is 6.95. The second-order valence-electron chi connectivity index (χ2n) is 7.53. The number of aromatic nitrogens is 6. The molecule has 0 aromatic carbocycles. The van der Waals surface area contributed by atoms with Crippen molar-refractivity contribution in [1.29, 1.82) is 0 Å². The Morgan fingerprint density at radius 3 is 2.53 bits per heavy atom. The summed E-state index contributed by atoms with van der Waals surface area (Å²) in [6.07, 6.45) is 3.38. The lowest BCUT2D eigenvalue weighted by atomic mass is 10.2. The molecular formula is C20H28N10OS. The molecule has 32 heavy (non-hydrogen) atoms. The van der Waals surface area contributed by atoms with Crippen molar-refractivity contribution in [2.45, 2.75) is 19.4 Å². The predicted molar refractivity (Wildman–Crippen MR) is 126 cm³/mol. The third kappa shape index (κ3) is 5.02. The number of nitrogen functional groups attached to an aromatic ring is 1. The van der Waals surface area contributed by atoms with Crippen molar-refractivity contribution in [3.63, 3.8) is 0 Å². The summed E-state index contributed by atoms with van der Waals surface area (Å²) in [7, 11) is 5.82. The number of hydrogen-bond acceptors (Lipinski definition) is 10. The number of anilines is 4. The van der Waals surface area contributed by atoms with Gasteiger partial charge in [-0.1, -0.05) is 0 Å². The smallest absolute Gasteiger partial charge is 0.228 e. The van der Waals surface area contributed by atoms with E-state index in [1.807, 2.05) is 37.8 Å². The van der Waals surface area contributed by atoms with Crippen LogP contribution in [0.25, 0.3) is 0 Å². The van der Waals surface area contributed by atoms with Crippen LogP contribution in [0, 0.1) is 0 Å². The maximum Gasteiger partial charge on any atom is 0.228 e. The number of nitrogens with two attached hydrogens (primary N) is 1. The van der Waals surface area contributed by atoms with Crippen LogP contribution < -0.4 is 21.3 Å². The summed E-state index contributed by atoms with van der Waals surface area (Å²) in [5, 5.41) is 25.3. The predicted octanol–water partition coefficient (Wildman–Crippen LogP) is 2.13. The van der Waals surface area contributed by atoms with E-state index in [-0.39, 0.29) is 0 Å². The molecule has 11 nitrogen and oxygen atoms in total. The summed E-state index contributed by atoms with van der Waals surface area (Å²) in [6.45, 7) is 2.24. The lowest BCUT2D eigenvalue weighted by Gasteiger charge is -2.17. The Morgan fingerprint density at radius 1 is 1.06 bits per heavy atom. The average molecular weight is 457 g/mol. The molecule has 4 aromatic heterocycles. The Bertz CT molecular complexity index is 1130. The van der Waals surface area contributed by atoms with Crippen molar-refractivity contribution in [3.8, 4) is 0 Å². The SMILES string of the molecule is CN(Cc1csc(CCNc2nnc(N)n2C)c1)c1nnc(NCCc2ccco2)n1C. The summed E-state index contributed by atoms with van der Waals surface area (Å²) in [5.74, 6) is 3.56. The molecule has 0 aliphatic heterocycles.